The van der Waals surface area contributed by atoms with Crippen LogP contribution in [0.25, 0.3) is 0 Å². The van der Waals surface area contributed by atoms with Crippen LogP contribution in [0.4, 0.5) is 0 Å². The molecule has 1 rings (SSSR count). The van der Waals surface area contributed by atoms with Gasteiger partial charge in [0.05, 0.1) is 12.0 Å². The van der Waals surface area contributed by atoms with Gasteiger partial charge >= 0.3 is 0 Å². The molecule has 12 heavy (non-hydrogen) atoms. The number of rotatable bonds is 3. The van der Waals surface area contributed by atoms with Gasteiger partial charge in [0.2, 0.25) is 0 Å². The third kappa shape index (κ3) is 1.94. The molecule has 0 aliphatic rings. The van der Waals surface area contributed by atoms with Crippen LogP contribution in [0.5, 0.6) is 0 Å². The molecule has 1 aromatic heterocycles. The Morgan fingerprint density at radius 3 is 2.67 bits per heavy atom. The summed E-state index contributed by atoms with van der Waals surface area (Å²) < 4.78 is 0. The van der Waals surface area contributed by atoms with E-state index in [1.807, 2.05) is 0 Å². The largest absolute Gasteiger partial charge is 0.313 e. The van der Waals surface area contributed by atoms with E-state index in [9.17, 15) is 4.79 Å². The molecule has 1 heterocycles. The first kappa shape index (κ1) is 8.97. The van der Waals surface area contributed by atoms with Crippen molar-refractivity contribution in [1.82, 2.24) is 9.97 Å². The van der Waals surface area contributed by atoms with E-state index in [1.54, 1.807) is 6.07 Å². The normalized spacial score (nSPS) is 10.6. The monoisotopic (exact) mass is 166 g/mol. The Morgan fingerprint density at radius 2 is 2.17 bits per heavy atom. The van der Waals surface area contributed by atoms with Crippen molar-refractivity contribution < 1.29 is 0 Å². The van der Waals surface area contributed by atoms with Gasteiger partial charge < -0.3 is 4.98 Å². The summed E-state index contributed by atoms with van der Waals surface area (Å²) >= 11 is 0. The summed E-state index contributed by atoms with van der Waals surface area (Å²) in [4.78, 5) is 17.6. The Bertz CT molecular complexity index is 289. The van der Waals surface area contributed by atoms with Crippen LogP contribution < -0.4 is 5.56 Å². The second kappa shape index (κ2) is 4.04. The smallest absolute Gasteiger partial charge is 0.250 e. The van der Waals surface area contributed by atoms with Crippen molar-refractivity contribution in [1.29, 1.82) is 0 Å². The number of nitrogens with one attached hydrogen (secondary N) is 1. The van der Waals surface area contributed by atoms with Gasteiger partial charge in [0.15, 0.2) is 0 Å². The SMILES string of the molecule is CCC(CC)c1cc(=O)[nH]cn1. The Labute approximate surface area is 71.9 Å². The van der Waals surface area contributed by atoms with Crippen LogP contribution in [-0.4, -0.2) is 9.97 Å². The van der Waals surface area contributed by atoms with Crippen molar-refractivity contribution in [3.05, 3.63) is 28.4 Å². The zero-order valence-electron chi connectivity index (χ0n) is 7.50. The van der Waals surface area contributed by atoms with Crippen LogP contribution >= 0.6 is 0 Å². The number of hydrogen-bond acceptors (Lipinski definition) is 2. The lowest BCUT2D eigenvalue weighted by molar-refractivity contribution is 0.620. The minimum absolute atomic E-state index is 0.0631. The molecule has 3 nitrogen and oxygen atoms in total. The maximum atomic E-state index is 10.9. The van der Waals surface area contributed by atoms with E-state index in [-0.39, 0.29) is 5.56 Å². The predicted octanol–water partition coefficient (Wildman–Crippen LogP) is 1.67. The van der Waals surface area contributed by atoms with Crippen LogP contribution in [0.3, 0.4) is 0 Å². The van der Waals surface area contributed by atoms with Gasteiger partial charge in [0.1, 0.15) is 0 Å². The molecule has 0 unspecified atom stereocenters. The number of nitrogens with zero attached hydrogens (tertiary/aromatic N) is 1. The summed E-state index contributed by atoms with van der Waals surface area (Å²) in [5.74, 6) is 0.423. The predicted molar refractivity (Wildman–Crippen MR) is 48.2 cm³/mol. The summed E-state index contributed by atoms with van der Waals surface area (Å²) in [5.41, 5.74) is 0.843. The number of aromatic amines is 1. The number of aromatic nitrogens is 2. The van der Waals surface area contributed by atoms with Gasteiger partial charge in [-0.15, -0.1) is 0 Å². The lowest BCUT2D eigenvalue weighted by Crippen LogP contribution is -2.09. The highest BCUT2D eigenvalue weighted by Crippen LogP contribution is 2.18. The maximum Gasteiger partial charge on any atom is 0.250 e. The molecule has 0 fully saturated rings. The fourth-order valence-electron chi connectivity index (χ4n) is 1.31. The summed E-state index contributed by atoms with van der Waals surface area (Å²) in [6.45, 7) is 4.22. The summed E-state index contributed by atoms with van der Waals surface area (Å²) in [7, 11) is 0. The van der Waals surface area contributed by atoms with E-state index >= 15 is 0 Å². The first-order valence-electron chi connectivity index (χ1n) is 4.32. The Hall–Kier alpha value is -1.12. The molecule has 3 heteroatoms. The lowest BCUT2D eigenvalue weighted by Gasteiger charge is -2.09. The van der Waals surface area contributed by atoms with E-state index in [4.69, 9.17) is 0 Å². The van der Waals surface area contributed by atoms with Gasteiger partial charge in [-0.3, -0.25) is 4.79 Å². The van der Waals surface area contributed by atoms with Gasteiger partial charge in [-0.2, -0.15) is 0 Å². The molecule has 0 aliphatic carbocycles. The van der Waals surface area contributed by atoms with Crippen molar-refractivity contribution in [2.24, 2.45) is 0 Å². The van der Waals surface area contributed by atoms with E-state index < -0.39 is 0 Å². The Kier molecular flexibility index (Phi) is 3.02. The van der Waals surface area contributed by atoms with Crippen LogP contribution in [0.2, 0.25) is 0 Å². The molecule has 0 bridgehead atoms. The molecule has 0 radical (unpaired) electrons. The summed E-state index contributed by atoms with van der Waals surface area (Å²) in [5, 5.41) is 0. The molecule has 0 saturated carbocycles. The first-order chi connectivity index (χ1) is 5.77. The zero-order valence-corrected chi connectivity index (χ0v) is 7.50. The summed E-state index contributed by atoms with van der Waals surface area (Å²) in [6.07, 6.45) is 3.54. The average molecular weight is 166 g/mol. The molecule has 0 aromatic carbocycles. The van der Waals surface area contributed by atoms with Gasteiger partial charge in [0.25, 0.3) is 5.56 Å². The van der Waals surface area contributed by atoms with E-state index in [0.717, 1.165) is 18.5 Å². The third-order valence-electron chi connectivity index (χ3n) is 2.10. The van der Waals surface area contributed by atoms with E-state index in [2.05, 4.69) is 23.8 Å². The van der Waals surface area contributed by atoms with Crippen LogP contribution in [0, 0.1) is 0 Å². The Morgan fingerprint density at radius 1 is 1.50 bits per heavy atom. The number of hydrogen-bond donors (Lipinski definition) is 1. The van der Waals surface area contributed by atoms with Crippen LogP contribution in [0.15, 0.2) is 17.2 Å². The molecule has 0 amide bonds. The molecule has 0 aliphatic heterocycles. The van der Waals surface area contributed by atoms with Crippen LogP contribution in [0.1, 0.15) is 38.3 Å². The highest BCUT2D eigenvalue weighted by atomic mass is 16.1. The van der Waals surface area contributed by atoms with Crippen molar-refractivity contribution in [2.45, 2.75) is 32.6 Å². The second-order valence-corrected chi connectivity index (χ2v) is 2.85. The van der Waals surface area contributed by atoms with Gasteiger partial charge in [-0.05, 0) is 12.8 Å². The molecule has 1 N–H and O–H groups in total. The quantitative estimate of drug-likeness (QED) is 0.742. The maximum absolute atomic E-state index is 10.9. The minimum Gasteiger partial charge on any atom is -0.313 e. The summed E-state index contributed by atoms with van der Waals surface area (Å²) in [6, 6.07) is 1.58. The van der Waals surface area contributed by atoms with Gasteiger partial charge in [0, 0.05) is 12.0 Å². The zero-order chi connectivity index (χ0) is 8.97. The molecule has 0 spiro atoms. The molecule has 0 atom stereocenters. The second-order valence-electron chi connectivity index (χ2n) is 2.85. The molecule has 0 saturated heterocycles. The standard InChI is InChI=1S/C9H14N2O/c1-3-7(4-2)8-5-9(12)11-6-10-8/h5-7H,3-4H2,1-2H3,(H,10,11,12). The third-order valence-corrected chi connectivity index (χ3v) is 2.10. The Balaban J connectivity index is 2.93. The van der Waals surface area contributed by atoms with Crippen molar-refractivity contribution in [3.63, 3.8) is 0 Å². The van der Waals surface area contributed by atoms with E-state index in [1.165, 1.54) is 6.33 Å². The topological polar surface area (TPSA) is 45.8 Å². The molecular weight excluding hydrogens is 152 g/mol. The first-order valence-corrected chi connectivity index (χ1v) is 4.32. The van der Waals surface area contributed by atoms with Gasteiger partial charge in [-0.1, -0.05) is 13.8 Å². The molecule has 66 valence electrons. The van der Waals surface area contributed by atoms with Crippen LogP contribution in [-0.2, 0) is 0 Å². The lowest BCUT2D eigenvalue weighted by atomic mass is 9.99. The van der Waals surface area contributed by atoms with Crippen molar-refractivity contribution >= 4 is 0 Å². The van der Waals surface area contributed by atoms with E-state index in [0.29, 0.717) is 5.92 Å². The fraction of sp³-hybridized carbons (Fsp3) is 0.556. The molecule has 1 aromatic rings. The van der Waals surface area contributed by atoms with Crippen molar-refractivity contribution in [3.8, 4) is 0 Å². The highest BCUT2D eigenvalue weighted by Gasteiger charge is 2.07. The average Bonchev–Trinajstić information content (AvgIpc) is 2.07. The fourth-order valence-corrected chi connectivity index (χ4v) is 1.31. The van der Waals surface area contributed by atoms with Crippen molar-refractivity contribution in [2.75, 3.05) is 0 Å². The molecular formula is C9H14N2O. The number of H-pyrrole nitrogens is 1. The highest BCUT2D eigenvalue weighted by molar-refractivity contribution is 5.04. The van der Waals surface area contributed by atoms with Gasteiger partial charge in [-0.25, -0.2) is 4.98 Å². The minimum atomic E-state index is -0.0631.